The van der Waals surface area contributed by atoms with Crippen LogP contribution in [0.25, 0.3) is 33.4 Å². The van der Waals surface area contributed by atoms with E-state index in [4.69, 9.17) is 13.9 Å². The van der Waals surface area contributed by atoms with Gasteiger partial charge in [-0.25, -0.2) is 4.79 Å². The zero-order valence-electron chi connectivity index (χ0n) is 21.6. The van der Waals surface area contributed by atoms with Crippen LogP contribution in [0, 0.1) is 0 Å². The summed E-state index contributed by atoms with van der Waals surface area (Å²) in [5, 5.41) is 3.58. The molecule has 1 fully saturated rings. The summed E-state index contributed by atoms with van der Waals surface area (Å²) < 4.78 is 17.2. The van der Waals surface area contributed by atoms with Crippen LogP contribution in [0.3, 0.4) is 0 Å². The molecule has 1 aliphatic rings. The number of fused-ring (bicyclic) bond motifs is 1. The molecule has 0 saturated heterocycles. The fourth-order valence-corrected chi connectivity index (χ4v) is 4.83. The summed E-state index contributed by atoms with van der Waals surface area (Å²) in [6.45, 7) is 5.55. The molecule has 1 N–H and O–H groups in total. The fourth-order valence-electron chi connectivity index (χ4n) is 4.83. The van der Waals surface area contributed by atoms with Gasteiger partial charge in [0.1, 0.15) is 22.7 Å². The van der Waals surface area contributed by atoms with Crippen molar-refractivity contribution in [2.24, 2.45) is 0 Å². The number of benzene rings is 3. The molecule has 1 amide bonds. The fraction of sp³-hybridized carbons (Fsp3) is 0.290. The average Bonchev–Trinajstić information content (AvgIpc) is 2.85. The van der Waals surface area contributed by atoms with Gasteiger partial charge in [-0.3, -0.25) is 4.79 Å². The summed E-state index contributed by atoms with van der Waals surface area (Å²) in [5.74, 6) is 1.12. The van der Waals surface area contributed by atoms with E-state index in [1.807, 2.05) is 75.4 Å². The molecule has 1 saturated carbocycles. The highest BCUT2D eigenvalue weighted by Crippen LogP contribution is 2.42. The highest BCUT2D eigenvalue weighted by Gasteiger charge is 2.41. The first-order chi connectivity index (χ1) is 17.7. The van der Waals surface area contributed by atoms with Crippen LogP contribution in [0.1, 0.15) is 45.6 Å². The Kier molecular flexibility index (Phi) is 6.28. The van der Waals surface area contributed by atoms with Gasteiger partial charge < -0.3 is 19.2 Å². The quantitative estimate of drug-likeness (QED) is 0.320. The normalized spacial score (nSPS) is 14.6. The summed E-state index contributed by atoms with van der Waals surface area (Å²) in [7, 11) is 1.58. The maximum absolute atomic E-state index is 13.8. The summed E-state index contributed by atoms with van der Waals surface area (Å²) in [6.07, 6.45) is 2.27. The molecule has 0 unspecified atom stereocenters. The molecular formula is C31H31NO5. The number of carbonyl (C=O) groups excluding carboxylic acids is 1. The molecule has 4 aromatic rings. The summed E-state index contributed by atoms with van der Waals surface area (Å²) >= 11 is 0. The number of hydrogen-bond acceptors (Lipinski definition) is 5. The predicted molar refractivity (Wildman–Crippen MR) is 145 cm³/mol. The monoisotopic (exact) mass is 497 g/mol. The number of hydrogen-bond donors (Lipinski definition) is 1. The van der Waals surface area contributed by atoms with Crippen molar-refractivity contribution in [3.8, 4) is 28.2 Å². The summed E-state index contributed by atoms with van der Waals surface area (Å²) in [5.41, 5.74) is 2.38. The second-order valence-corrected chi connectivity index (χ2v) is 10.5. The Hall–Kier alpha value is -4.06. The van der Waals surface area contributed by atoms with E-state index in [1.165, 1.54) is 0 Å². The van der Waals surface area contributed by atoms with E-state index in [0.717, 1.165) is 36.0 Å². The van der Waals surface area contributed by atoms with Gasteiger partial charge in [0, 0.05) is 11.6 Å². The van der Waals surface area contributed by atoms with Crippen LogP contribution < -0.4 is 15.5 Å². The van der Waals surface area contributed by atoms with Crippen molar-refractivity contribution in [2.75, 3.05) is 7.11 Å². The van der Waals surface area contributed by atoms with Gasteiger partial charge in [0.15, 0.2) is 0 Å². The lowest BCUT2D eigenvalue weighted by Gasteiger charge is -2.43. The molecule has 1 aromatic heterocycles. The van der Waals surface area contributed by atoms with E-state index in [0.29, 0.717) is 28.0 Å². The van der Waals surface area contributed by atoms with Gasteiger partial charge in [0.2, 0.25) is 5.43 Å². The van der Waals surface area contributed by atoms with Crippen LogP contribution in [-0.4, -0.2) is 18.8 Å². The molecule has 1 aliphatic carbocycles. The van der Waals surface area contributed by atoms with Gasteiger partial charge in [-0.1, -0.05) is 54.6 Å². The van der Waals surface area contributed by atoms with Crippen molar-refractivity contribution in [3.63, 3.8) is 0 Å². The third kappa shape index (κ3) is 4.84. The maximum Gasteiger partial charge on any atom is 0.408 e. The van der Waals surface area contributed by atoms with E-state index < -0.39 is 17.2 Å². The second kappa shape index (κ2) is 9.43. The van der Waals surface area contributed by atoms with Crippen molar-refractivity contribution in [2.45, 2.75) is 51.2 Å². The first-order valence-corrected chi connectivity index (χ1v) is 12.5. The summed E-state index contributed by atoms with van der Waals surface area (Å²) in [6, 6.07) is 22.7. The Morgan fingerprint density at radius 3 is 2.24 bits per heavy atom. The Morgan fingerprint density at radius 1 is 0.946 bits per heavy atom. The smallest absolute Gasteiger partial charge is 0.408 e. The van der Waals surface area contributed by atoms with Crippen molar-refractivity contribution in [3.05, 3.63) is 88.6 Å². The third-order valence-corrected chi connectivity index (χ3v) is 6.81. The highest BCUT2D eigenvalue weighted by molar-refractivity contribution is 5.89. The lowest BCUT2D eigenvalue weighted by Crippen LogP contribution is -2.52. The molecule has 1 heterocycles. The SMILES string of the molecule is COc1ccc2c(=O)c(-c3ccc(C4(NC(=O)OC(C)(C)C)CCC4)cc3)c(-c3ccccc3)oc2c1. The van der Waals surface area contributed by atoms with E-state index >= 15 is 0 Å². The molecule has 3 aromatic carbocycles. The number of nitrogens with one attached hydrogen (secondary N) is 1. The number of methoxy groups -OCH3 is 1. The number of rotatable bonds is 5. The Labute approximate surface area is 216 Å². The molecule has 0 bridgehead atoms. The van der Waals surface area contributed by atoms with E-state index in [2.05, 4.69) is 5.32 Å². The van der Waals surface area contributed by atoms with Crippen molar-refractivity contribution < 1.29 is 18.7 Å². The zero-order valence-corrected chi connectivity index (χ0v) is 21.6. The van der Waals surface area contributed by atoms with Gasteiger partial charge in [-0.15, -0.1) is 0 Å². The minimum Gasteiger partial charge on any atom is -0.497 e. The second-order valence-electron chi connectivity index (χ2n) is 10.5. The Bertz CT molecular complexity index is 1490. The van der Waals surface area contributed by atoms with Gasteiger partial charge >= 0.3 is 6.09 Å². The van der Waals surface area contributed by atoms with Crippen LogP contribution in [-0.2, 0) is 10.3 Å². The van der Waals surface area contributed by atoms with Crippen molar-refractivity contribution in [1.29, 1.82) is 0 Å². The van der Waals surface area contributed by atoms with Crippen molar-refractivity contribution in [1.82, 2.24) is 5.32 Å². The molecule has 6 nitrogen and oxygen atoms in total. The minimum atomic E-state index is -0.569. The molecule has 37 heavy (non-hydrogen) atoms. The van der Waals surface area contributed by atoms with Crippen LogP contribution in [0.15, 0.2) is 82.0 Å². The lowest BCUT2D eigenvalue weighted by molar-refractivity contribution is 0.0377. The van der Waals surface area contributed by atoms with E-state index in [1.54, 1.807) is 25.3 Å². The number of carbonyl (C=O) groups is 1. The van der Waals surface area contributed by atoms with E-state index in [-0.39, 0.29) is 5.43 Å². The molecule has 0 radical (unpaired) electrons. The number of ether oxygens (including phenoxy) is 2. The van der Waals surface area contributed by atoms with Crippen LogP contribution in [0.2, 0.25) is 0 Å². The third-order valence-electron chi connectivity index (χ3n) is 6.81. The molecule has 0 aliphatic heterocycles. The Balaban J connectivity index is 1.58. The maximum atomic E-state index is 13.8. The van der Waals surface area contributed by atoms with Crippen LogP contribution in [0.5, 0.6) is 5.75 Å². The molecule has 0 spiro atoms. The lowest BCUT2D eigenvalue weighted by atomic mass is 9.71. The van der Waals surface area contributed by atoms with Gasteiger partial charge in [-0.05, 0) is 63.3 Å². The van der Waals surface area contributed by atoms with Gasteiger partial charge in [0.25, 0.3) is 0 Å². The largest absolute Gasteiger partial charge is 0.497 e. The van der Waals surface area contributed by atoms with Crippen molar-refractivity contribution >= 4 is 17.1 Å². The Morgan fingerprint density at radius 2 is 1.65 bits per heavy atom. The minimum absolute atomic E-state index is 0.110. The zero-order chi connectivity index (χ0) is 26.2. The first-order valence-electron chi connectivity index (χ1n) is 12.5. The first kappa shape index (κ1) is 24.6. The number of amides is 1. The highest BCUT2D eigenvalue weighted by atomic mass is 16.6. The molecular weight excluding hydrogens is 466 g/mol. The number of alkyl carbamates (subject to hydrolysis) is 1. The predicted octanol–water partition coefficient (Wildman–Crippen LogP) is 7.04. The summed E-state index contributed by atoms with van der Waals surface area (Å²) in [4.78, 5) is 26.3. The van der Waals surface area contributed by atoms with E-state index in [9.17, 15) is 9.59 Å². The molecule has 0 atom stereocenters. The topological polar surface area (TPSA) is 77.8 Å². The molecule has 190 valence electrons. The standard InChI is InChI=1S/C31H31NO5/c1-30(2,3)37-29(34)32-31(17-8-18-31)22-13-11-20(12-14-22)26-27(33)24-16-15-23(35-4)19-25(24)36-28(26)21-9-6-5-7-10-21/h5-7,9-16,19H,8,17-18H2,1-4H3,(H,32,34). The molecule has 5 rings (SSSR count). The van der Waals surface area contributed by atoms with Gasteiger partial charge in [0.05, 0.1) is 23.6 Å². The average molecular weight is 498 g/mol. The van der Waals surface area contributed by atoms with Crippen LogP contribution >= 0.6 is 0 Å². The van der Waals surface area contributed by atoms with Gasteiger partial charge in [-0.2, -0.15) is 0 Å². The van der Waals surface area contributed by atoms with Crippen LogP contribution in [0.4, 0.5) is 4.79 Å². The molecule has 6 heteroatoms.